The number of pyridine rings is 1. The molecule has 0 aliphatic rings. The lowest BCUT2D eigenvalue weighted by atomic mass is 9.88. The highest BCUT2D eigenvalue weighted by Gasteiger charge is 2.29. The first-order valence-corrected chi connectivity index (χ1v) is 29.3. The highest BCUT2D eigenvalue weighted by atomic mass is 16.5. The van der Waals surface area contributed by atoms with E-state index in [1.54, 1.807) is 0 Å². The SMILES string of the molecule is Cc1nc2c3ccccc3ccc2c2c1oc1c(-c3nc4ccccc4n3-c3c(C(C)C)cc(-c4ccccc4)cc3C(C)C)cc(Oc3cccc(-c4nc5ccccc5n4-c4c(C(C)C)cc(-c5ccccc5)cc4C(C)C)c3)cc12. The molecule has 83 heavy (non-hydrogen) atoms. The van der Waals surface area contributed by atoms with E-state index >= 15 is 0 Å². The lowest BCUT2D eigenvalue weighted by Crippen LogP contribution is -2.09. The minimum atomic E-state index is 0.180. The van der Waals surface area contributed by atoms with Crippen LogP contribution in [0.15, 0.2) is 211 Å². The Morgan fingerprint density at radius 2 is 0.892 bits per heavy atom. The number of para-hydroxylation sites is 4. The summed E-state index contributed by atoms with van der Waals surface area (Å²) in [6.07, 6.45) is 0. The van der Waals surface area contributed by atoms with Crippen molar-refractivity contribution >= 4 is 65.7 Å². The number of ether oxygens (including phenoxy) is 1. The molecule has 0 radical (unpaired) electrons. The van der Waals surface area contributed by atoms with Gasteiger partial charge in [0.05, 0.1) is 50.2 Å². The molecule has 0 aliphatic carbocycles. The molecule has 7 heteroatoms. The fourth-order valence-electron chi connectivity index (χ4n) is 12.7. The van der Waals surface area contributed by atoms with Crippen LogP contribution in [0.25, 0.3) is 122 Å². The van der Waals surface area contributed by atoms with Crippen molar-refractivity contribution < 1.29 is 9.15 Å². The summed E-state index contributed by atoms with van der Waals surface area (Å²) in [5.41, 5.74) is 21.0. The molecule has 0 fully saturated rings. The van der Waals surface area contributed by atoms with Gasteiger partial charge in [-0.15, -0.1) is 0 Å². The summed E-state index contributed by atoms with van der Waals surface area (Å²) in [5.74, 6) is 3.75. The molecule has 0 aliphatic heterocycles. The Hall–Kier alpha value is -9.59. The zero-order valence-corrected chi connectivity index (χ0v) is 48.5. The minimum absolute atomic E-state index is 0.180. The van der Waals surface area contributed by atoms with Crippen LogP contribution < -0.4 is 4.74 Å². The summed E-state index contributed by atoms with van der Waals surface area (Å²) < 4.78 is 19.4. The van der Waals surface area contributed by atoms with E-state index < -0.39 is 0 Å². The number of aryl methyl sites for hydroxylation is 1. The van der Waals surface area contributed by atoms with E-state index in [2.05, 4.69) is 272 Å². The number of imidazole rings is 2. The number of nitrogens with zero attached hydrogens (tertiary/aromatic N) is 5. The first-order valence-electron chi connectivity index (χ1n) is 29.3. The monoisotopic (exact) mass is 1080 g/mol. The topological polar surface area (TPSA) is 70.9 Å². The van der Waals surface area contributed by atoms with E-state index in [1.807, 2.05) is 6.07 Å². The van der Waals surface area contributed by atoms with E-state index in [0.29, 0.717) is 11.5 Å². The van der Waals surface area contributed by atoms with Crippen molar-refractivity contribution in [2.45, 2.75) is 86.0 Å². The number of benzene rings is 10. The molecule has 0 atom stereocenters. The molecule has 14 aromatic rings. The van der Waals surface area contributed by atoms with Crippen molar-refractivity contribution in [1.82, 2.24) is 24.1 Å². The Morgan fingerprint density at radius 3 is 1.47 bits per heavy atom. The van der Waals surface area contributed by atoms with Crippen LogP contribution in [0.5, 0.6) is 11.5 Å². The number of hydrogen-bond donors (Lipinski definition) is 0. The Morgan fingerprint density at radius 1 is 0.386 bits per heavy atom. The predicted molar refractivity (Wildman–Crippen MR) is 345 cm³/mol. The summed E-state index contributed by atoms with van der Waals surface area (Å²) in [4.78, 5) is 16.4. The maximum absolute atomic E-state index is 7.33. The summed E-state index contributed by atoms with van der Waals surface area (Å²) in [6, 6.07) is 73.6. The van der Waals surface area contributed by atoms with Gasteiger partial charge < -0.3 is 9.15 Å². The quantitative estimate of drug-likeness (QED) is 0.114. The van der Waals surface area contributed by atoms with Crippen LogP contribution in [-0.4, -0.2) is 24.1 Å². The lowest BCUT2D eigenvalue weighted by molar-refractivity contribution is 0.483. The first-order chi connectivity index (χ1) is 40.4. The van der Waals surface area contributed by atoms with Gasteiger partial charge in [-0.25, -0.2) is 15.0 Å². The van der Waals surface area contributed by atoms with Crippen LogP contribution in [0.1, 0.15) is 107 Å². The van der Waals surface area contributed by atoms with Crippen molar-refractivity contribution in [1.29, 1.82) is 0 Å². The zero-order valence-electron chi connectivity index (χ0n) is 48.5. The summed E-state index contributed by atoms with van der Waals surface area (Å²) >= 11 is 0. The van der Waals surface area contributed by atoms with Crippen LogP contribution in [0, 0.1) is 6.92 Å². The van der Waals surface area contributed by atoms with E-state index in [-0.39, 0.29) is 23.7 Å². The van der Waals surface area contributed by atoms with Crippen LogP contribution in [0.3, 0.4) is 0 Å². The van der Waals surface area contributed by atoms with Gasteiger partial charge in [-0.1, -0.05) is 189 Å². The molecule has 7 nitrogen and oxygen atoms in total. The number of aromatic nitrogens is 5. The molecule has 0 saturated carbocycles. The van der Waals surface area contributed by atoms with E-state index in [4.69, 9.17) is 24.1 Å². The first kappa shape index (κ1) is 51.5. The number of fused-ring (bicyclic) bond motifs is 9. The zero-order chi connectivity index (χ0) is 56.8. The van der Waals surface area contributed by atoms with Gasteiger partial charge in [-0.05, 0) is 153 Å². The van der Waals surface area contributed by atoms with Crippen LogP contribution in [0.2, 0.25) is 0 Å². The summed E-state index contributed by atoms with van der Waals surface area (Å²) in [5, 5.41) is 5.15. The van der Waals surface area contributed by atoms with Crippen LogP contribution in [-0.2, 0) is 0 Å². The molecule has 14 rings (SSSR count). The lowest BCUT2D eigenvalue weighted by Gasteiger charge is -2.24. The van der Waals surface area contributed by atoms with Crippen molar-refractivity contribution in [3.63, 3.8) is 0 Å². The smallest absolute Gasteiger partial charge is 0.157 e. The number of furan rings is 1. The molecule has 4 heterocycles. The van der Waals surface area contributed by atoms with Crippen molar-refractivity contribution in [3.8, 4) is 67.9 Å². The van der Waals surface area contributed by atoms with Crippen molar-refractivity contribution in [3.05, 3.63) is 234 Å². The highest BCUT2D eigenvalue weighted by Crippen LogP contribution is 2.48. The fraction of sp³-hybridized carbons (Fsp3) is 0.171. The molecule has 10 aromatic carbocycles. The average molecular weight is 1080 g/mol. The summed E-state index contributed by atoms with van der Waals surface area (Å²) in [7, 11) is 0. The fourth-order valence-corrected chi connectivity index (χ4v) is 12.7. The molecule has 0 amide bonds. The van der Waals surface area contributed by atoms with Gasteiger partial charge in [-0.2, -0.15) is 0 Å². The normalized spacial score (nSPS) is 12.1. The molecule has 4 aromatic heterocycles. The average Bonchev–Trinajstić information content (AvgIpc) is 2.34. The second-order valence-electron chi connectivity index (χ2n) is 23.5. The highest BCUT2D eigenvalue weighted by molar-refractivity contribution is 6.24. The van der Waals surface area contributed by atoms with Gasteiger partial charge in [0, 0.05) is 27.1 Å². The third kappa shape index (κ3) is 8.76. The Balaban J connectivity index is 1.01. The molecule has 0 bridgehead atoms. The van der Waals surface area contributed by atoms with E-state index in [9.17, 15) is 0 Å². The van der Waals surface area contributed by atoms with Gasteiger partial charge in [0.2, 0.25) is 0 Å². The molecule has 0 unspecified atom stereocenters. The molecule has 0 saturated heterocycles. The predicted octanol–water partition coefficient (Wildman–Crippen LogP) is 21.2. The molecular formula is C76H65N5O2. The van der Waals surface area contributed by atoms with Gasteiger partial charge in [-0.3, -0.25) is 9.13 Å². The van der Waals surface area contributed by atoms with Crippen molar-refractivity contribution in [2.24, 2.45) is 0 Å². The maximum atomic E-state index is 7.33. The van der Waals surface area contributed by atoms with E-state index in [0.717, 1.165) is 99.8 Å². The minimum Gasteiger partial charge on any atom is -0.457 e. The second kappa shape index (κ2) is 20.4. The second-order valence-corrected chi connectivity index (χ2v) is 23.5. The molecule has 406 valence electrons. The Bertz CT molecular complexity index is 4790. The molecule has 0 N–H and O–H groups in total. The van der Waals surface area contributed by atoms with Gasteiger partial charge in [0.25, 0.3) is 0 Å². The van der Waals surface area contributed by atoms with Crippen LogP contribution in [0.4, 0.5) is 0 Å². The van der Waals surface area contributed by atoms with Crippen LogP contribution >= 0.6 is 0 Å². The Kier molecular flexibility index (Phi) is 12.7. The number of rotatable bonds is 12. The van der Waals surface area contributed by atoms with Gasteiger partial charge >= 0.3 is 0 Å². The number of hydrogen-bond acceptors (Lipinski definition) is 5. The third-order valence-electron chi connectivity index (χ3n) is 16.7. The van der Waals surface area contributed by atoms with E-state index in [1.165, 1.54) is 50.2 Å². The van der Waals surface area contributed by atoms with Gasteiger partial charge in [0.15, 0.2) is 5.58 Å². The summed E-state index contributed by atoms with van der Waals surface area (Å²) in [6.45, 7) is 20.4. The molecule has 0 spiro atoms. The van der Waals surface area contributed by atoms with Crippen molar-refractivity contribution in [2.75, 3.05) is 0 Å². The maximum Gasteiger partial charge on any atom is 0.157 e. The Labute approximate surface area is 484 Å². The molecular weight excluding hydrogens is 1010 g/mol. The largest absolute Gasteiger partial charge is 0.457 e. The third-order valence-corrected chi connectivity index (χ3v) is 16.7. The standard InChI is InChI=1S/C76H65N5O2/c1-44(2)59-38-53(49-23-12-10-13-24-49)39-60(45(3)4)71(59)80-67-33-20-18-31-65(67)78-75(80)52-28-22-29-55(37-52)82-56-42-63-69-58-36-35-51-27-16-17-30-57(51)70(58)77-48(9)73(69)83-74(63)64(43-56)76-79-66-32-19-21-34-68(66)81(76)72-61(46(5)6)40-54(41-62(72)47(7)8)50-25-14-11-15-26-50/h10-47H,1-9H3. The van der Waals surface area contributed by atoms with Gasteiger partial charge in [0.1, 0.15) is 28.7 Å².